The zero-order valence-corrected chi connectivity index (χ0v) is 12.9. The molecule has 22 heavy (non-hydrogen) atoms. The second kappa shape index (κ2) is 7.72. The number of hydrogen-bond acceptors (Lipinski definition) is 7. The molecule has 0 radical (unpaired) electrons. The van der Waals surface area contributed by atoms with Gasteiger partial charge in [0.05, 0.1) is 12.0 Å². The third-order valence-electron chi connectivity index (χ3n) is 3.36. The number of anilines is 1. The Morgan fingerprint density at radius 1 is 1.27 bits per heavy atom. The fourth-order valence-electron chi connectivity index (χ4n) is 2.31. The van der Waals surface area contributed by atoms with Crippen molar-refractivity contribution in [3.63, 3.8) is 0 Å². The first-order valence-electron chi connectivity index (χ1n) is 7.44. The van der Waals surface area contributed by atoms with Crippen LogP contribution in [-0.4, -0.2) is 47.7 Å². The Kier molecular flexibility index (Phi) is 5.68. The van der Waals surface area contributed by atoms with Gasteiger partial charge < -0.3 is 14.4 Å². The smallest absolute Gasteiger partial charge is 0.344 e. The highest BCUT2D eigenvalue weighted by Crippen LogP contribution is 2.21. The van der Waals surface area contributed by atoms with Crippen LogP contribution in [0.1, 0.15) is 26.7 Å². The summed E-state index contributed by atoms with van der Waals surface area (Å²) in [4.78, 5) is 33.7. The summed E-state index contributed by atoms with van der Waals surface area (Å²) < 4.78 is 9.94. The maximum atomic E-state index is 12.0. The summed E-state index contributed by atoms with van der Waals surface area (Å²) in [5.74, 6) is -0.366. The lowest BCUT2D eigenvalue weighted by atomic mass is 9.97. The number of piperidine rings is 1. The molecule has 1 aromatic heterocycles. The van der Waals surface area contributed by atoms with Crippen molar-refractivity contribution < 1.29 is 19.1 Å². The molecule has 1 saturated heterocycles. The first kappa shape index (κ1) is 16.2. The van der Waals surface area contributed by atoms with Crippen LogP contribution in [0, 0.1) is 5.92 Å². The molecule has 120 valence electrons. The minimum atomic E-state index is -0.515. The van der Waals surface area contributed by atoms with Crippen LogP contribution in [0.3, 0.4) is 0 Å². The molecule has 7 heteroatoms. The van der Waals surface area contributed by atoms with Gasteiger partial charge in [-0.05, 0) is 32.8 Å². The normalized spacial score (nSPS) is 15.7. The number of nitrogens with zero attached hydrogens (tertiary/aromatic N) is 3. The second-order valence-corrected chi connectivity index (χ2v) is 5.46. The number of aromatic nitrogens is 2. The largest absolute Gasteiger partial charge is 0.460 e. The van der Waals surface area contributed by atoms with E-state index in [2.05, 4.69) is 9.97 Å². The van der Waals surface area contributed by atoms with Crippen LogP contribution in [0.25, 0.3) is 0 Å². The van der Waals surface area contributed by atoms with Crippen LogP contribution >= 0.6 is 0 Å². The Hall–Kier alpha value is -2.18. The van der Waals surface area contributed by atoms with Gasteiger partial charge in [0.25, 0.3) is 0 Å². The quantitative estimate of drug-likeness (QED) is 0.756. The van der Waals surface area contributed by atoms with Crippen molar-refractivity contribution in [2.75, 3.05) is 24.6 Å². The highest BCUT2D eigenvalue weighted by atomic mass is 16.6. The number of rotatable bonds is 5. The molecular weight excluding hydrogens is 286 g/mol. The minimum Gasteiger partial charge on any atom is -0.460 e. The Bertz CT molecular complexity index is 499. The maximum absolute atomic E-state index is 12.0. The Labute approximate surface area is 129 Å². The van der Waals surface area contributed by atoms with Crippen molar-refractivity contribution in [3.8, 4) is 0 Å². The third kappa shape index (κ3) is 4.68. The third-order valence-corrected chi connectivity index (χ3v) is 3.36. The summed E-state index contributed by atoms with van der Waals surface area (Å²) >= 11 is 0. The molecule has 1 aromatic rings. The molecule has 0 spiro atoms. The van der Waals surface area contributed by atoms with Gasteiger partial charge in [-0.25, -0.2) is 14.8 Å². The monoisotopic (exact) mass is 307 g/mol. The molecule has 0 aromatic carbocycles. The van der Waals surface area contributed by atoms with Gasteiger partial charge in [0.15, 0.2) is 6.61 Å². The van der Waals surface area contributed by atoms with Crippen molar-refractivity contribution in [1.29, 1.82) is 0 Å². The molecular formula is C15H21N3O4. The fourth-order valence-corrected chi connectivity index (χ4v) is 2.31. The van der Waals surface area contributed by atoms with E-state index < -0.39 is 5.97 Å². The zero-order chi connectivity index (χ0) is 15.9. The summed E-state index contributed by atoms with van der Waals surface area (Å²) in [6, 6.07) is 1.77. The van der Waals surface area contributed by atoms with Gasteiger partial charge in [0.1, 0.15) is 0 Å². The van der Waals surface area contributed by atoms with E-state index >= 15 is 0 Å². The number of esters is 2. The lowest BCUT2D eigenvalue weighted by molar-refractivity contribution is -0.163. The highest BCUT2D eigenvalue weighted by Gasteiger charge is 2.27. The van der Waals surface area contributed by atoms with Crippen LogP contribution < -0.4 is 4.90 Å². The van der Waals surface area contributed by atoms with Gasteiger partial charge in [-0.1, -0.05) is 0 Å². The predicted octanol–water partition coefficient (Wildman–Crippen LogP) is 1.19. The topological polar surface area (TPSA) is 81.6 Å². The van der Waals surface area contributed by atoms with Gasteiger partial charge in [-0.3, -0.25) is 4.79 Å². The Morgan fingerprint density at radius 3 is 2.50 bits per heavy atom. The van der Waals surface area contributed by atoms with E-state index in [1.165, 1.54) is 0 Å². The predicted molar refractivity (Wildman–Crippen MR) is 79.2 cm³/mol. The Balaban J connectivity index is 1.74. The van der Waals surface area contributed by atoms with E-state index in [1.807, 2.05) is 4.90 Å². The molecule has 2 rings (SSSR count). The molecule has 0 bridgehead atoms. The van der Waals surface area contributed by atoms with Crippen LogP contribution in [0.15, 0.2) is 18.5 Å². The second-order valence-electron chi connectivity index (χ2n) is 5.46. The van der Waals surface area contributed by atoms with Crippen LogP contribution in [0.4, 0.5) is 5.95 Å². The van der Waals surface area contributed by atoms with Gasteiger partial charge in [-0.15, -0.1) is 0 Å². The van der Waals surface area contributed by atoms with E-state index in [9.17, 15) is 9.59 Å². The molecule has 7 nitrogen and oxygen atoms in total. The lowest BCUT2D eigenvalue weighted by Gasteiger charge is -2.30. The Morgan fingerprint density at radius 2 is 1.91 bits per heavy atom. The van der Waals surface area contributed by atoms with Gasteiger partial charge >= 0.3 is 11.9 Å². The fraction of sp³-hybridized carbons (Fsp3) is 0.600. The molecule has 1 aliphatic rings. The molecule has 0 aliphatic carbocycles. The summed E-state index contributed by atoms with van der Waals surface area (Å²) in [7, 11) is 0. The maximum Gasteiger partial charge on any atom is 0.344 e. The van der Waals surface area contributed by atoms with Crippen molar-refractivity contribution in [3.05, 3.63) is 18.5 Å². The van der Waals surface area contributed by atoms with E-state index in [-0.39, 0.29) is 24.6 Å². The summed E-state index contributed by atoms with van der Waals surface area (Å²) in [6.45, 7) is 4.57. The van der Waals surface area contributed by atoms with Crippen LogP contribution in [0.5, 0.6) is 0 Å². The molecule has 1 fully saturated rings. The van der Waals surface area contributed by atoms with E-state index in [4.69, 9.17) is 9.47 Å². The summed E-state index contributed by atoms with van der Waals surface area (Å²) in [6.07, 6.45) is 4.51. The summed E-state index contributed by atoms with van der Waals surface area (Å²) in [5, 5.41) is 0. The van der Waals surface area contributed by atoms with E-state index in [1.54, 1.807) is 32.3 Å². The standard InChI is InChI=1S/C15H21N3O4/c1-11(2)22-13(19)10-21-14(20)12-4-8-18(9-5-12)15-16-6-3-7-17-15/h3,6-7,11-12H,4-5,8-10H2,1-2H3. The van der Waals surface area contributed by atoms with Gasteiger partial charge in [0, 0.05) is 25.5 Å². The van der Waals surface area contributed by atoms with E-state index in [0.717, 1.165) is 0 Å². The molecule has 0 N–H and O–H groups in total. The van der Waals surface area contributed by atoms with Crippen molar-refractivity contribution >= 4 is 17.9 Å². The average Bonchev–Trinajstić information content (AvgIpc) is 2.53. The number of carbonyl (C=O) groups is 2. The van der Waals surface area contributed by atoms with Crippen molar-refractivity contribution in [2.45, 2.75) is 32.8 Å². The number of ether oxygens (including phenoxy) is 2. The lowest BCUT2D eigenvalue weighted by Crippen LogP contribution is -2.38. The zero-order valence-electron chi connectivity index (χ0n) is 12.9. The van der Waals surface area contributed by atoms with Gasteiger partial charge in [-0.2, -0.15) is 0 Å². The molecule has 0 saturated carbocycles. The summed E-state index contributed by atoms with van der Waals surface area (Å²) in [5.41, 5.74) is 0. The minimum absolute atomic E-state index is 0.188. The van der Waals surface area contributed by atoms with Crippen LogP contribution in [-0.2, 0) is 19.1 Å². The van der Waals surface area contributed by atoms with Gasteiger partial charge in [0.2, 0.25) is 5.95 Å². The molecule has 1 aliphatic heterocycles. The average molecular weight is 307 g/mol. The number of hydrogen-bond donors (Lipinski definition) is 0. The first-order valence-corrected chi connectivity index (χ1v) is 7.44. The number of carbonyl (C=O) groups excluding carboxylic acids is 2. The molecule has 0 amide bonds. The first-order chi connectivity index (χ1) is 10.6. The van der Waals surface area contributed by atoms with Crippen molar-refractivity contribution in [2.24, 2.45) is 5.92 Å². The molecule has 0 atom stereocenters. The highest BCUT2D eigenvalue weighted by molar-refractivity contribution is 5.78. The molecule has 2 heterocycles. The van der Waals surface area contributed by atoms with Crippen molar-refractivity contribution in [1.82, 2.24) is 9.97 Å². The van der Waals surface area contributed by atoms with E-state index in [0.29, 0.717) is 31.9 Å². The molecule has 0 unspecified atom stereocenters. The van der Waals surface area contributed by atoms with Crippen LogP contribution in [0.2, 0.25) is 0 Å². The SMILES string of the molecule is CC(C)OC(=O)COC(=O)C1CCN(c2ncccn2)CC1.